The Kier molecular flexibility index (Phi) is 3.47. The van der Waals surface area contributed by atoms with Gasteiger partial charge in [0.15, 0.2) is 0 Å². The molecule has 3 nitrogen and oxygen atoms in total. The van der Waals surface area contributed by atoms with E-state index in [2.05, 4.69) is 0 Å². The number of benzene rings is 2. The molecule has 0 saturated carbocycles. The van der Waals surface area contributed by atoms with Crippen LogP contribution in [0.3, 0.4) is 0 Å². The van der Waals surface area contributed by atoms with E-state index < -0.39 is 5.41 Å². The zero-order valence-electron chi connectivity index (χ0n) is 11.9. The molecule has 0 aromatic heterocycles. The molecule has 0 heterocycles. The van der Waals surface area contributed by atoms with Crippen molar-refractivity contribution in [3.63, 3.8) is 0 Å². The smallest absolute Gasteiger partial charge is 0.323 e. The van der Waals surface area contributed by atoms with E-state index in [1.807, 2.05) is 42.5 Å². The van der Waals surface area contributed by atoms with Crippen LogP contribution in [0.1, 0.15) is 11.1 Å². The Hall–Kier alpha value is -1.84. The standard InChI is InChI=1S/C17H15ClO3/c1-20-10-17(16(19)21-2)14-6-4-3-5-12(14)13-8-7-11(18)9-15(13)17/h3-9H,10H2,1-2H3. The summed E-state index contributed by atoms with van der Waals surface area (Å²) in [6.07, 6.45) is 0. The van der Waals surface area contributed by atoms with Crippen LogP contribution in [-0.2, 0) is 19.7 Å². The van der Waals surface area contributed by atoms with Crippen LogP contribution in [0.4, 0.5) is 0 Å². The van der Waals surface area contributed by atoms with Crippen molar-refractivity contribution in [1.29, 1.82) is 0 Å². The first kappa shape index (κ1) is 14.1. The van der Waals surface area contributed by atoms with Crippen molar-refractivity contribution in [2.75, 3.05) is 20.8 Å². The maximum Gasteiger partial charge on any atom is 0.323 e. The number of fused-ring (bicyclic) bond motifs is 3. The lowest BCUT2D eigenvalue weighted by Crippen LogP contribution is -2.40. The summed E-state index contributed by atoms with van der Waals surface area (Å²) in [5, 5.41) is 0.589. The first-order valence-corrected chi connectivity index (χ1v) is 7.00. The average Bonchev–Trinajstić information content (AvgIpc) is 2.78. The molecule has 2 aromatic rings. The van der Waals surface area contributed by atoms with Crippen LogP contribution in [0.25, 0.3) is 11.1 Å². The van der Waals surface area contributed by atoms with Crippen LogP contribution in [0.5, 0.6) is 0 Å². The third kappa shape index (κ3) is 1.88. The summed E-state index contributed by atoms with van der Waals surface area (Å²) >= 11 is 6.15. The van der Waals surface area contributed by atoms with Gasteiger partial charge < -0.3 is 9.47 Å². The summed E-state index contributed by atoms with van der Waals surface area (Å²) in [6.45, 7) is 0.212. The van der Waals surface area contributed by atoms with Gasteiger partial charge in [0.2, 0.25) is 0 Å². The number of methoxy groups -OCH3 is 2. The largest absolute Gasteiger partial charge is 0.468 e. The van der Waals surface area contributed by atoms with E-state index >= 15 is 0 Å². The summed E-state index contributed by atoms with van der Waals surface area (Å²) < 4.78 is 10.4. The van der Waals surface area contributed by atoms with E-state index in [0.29, 0.717) is 5.02 Å². The fourth-order valence-corrected chi connectivity index (χ4v) is 3.34. The summed E-state index contributed by atoms with van der Waals surface area (Å²) in [7, 11) is 2.97. The molecule has 1 unspecified atom stereocenters. The van der Waals surface area contributed by atoms with Crippen LogP contribution in [0.2, 0.25) is 5.02 Å². The predicted octanol–water partition coefficient (Wildman–Crippen LogP) is 3.43. The minimum Gasteiger partial charge on any atom is -0.468 e. The number of carbonyl (C=O) groups excluding carboxylic acids is 1. The molecule has 1 atom stereocenters. The van der Waals surface area contributed by atoms with Crippen LogP contribution in [0.15, 0.2) is 42.5 Å². The van der Waals surface area contributed by atoms with Gasteiger partial charge in [-0.1, -0.05) is 41.9 Å². The fraction of sp³-hybridized carbons (Fsp3) is 0.235. The number of carbonyl (C=O) groups is 1. The highest BCUT2D eigenvalue weighted by Gasteiger charge is 2.50. The summed E-state index contributed by atoms with van der Waals surface area (Å²) in [6, 6.07) is 13.4. The molecule has 1 aliphatic carbocycles. The van der Waals surface area contributed by atoms with Gasteiger partial charge >= 0.3 is 5.97 Å². The van der Waals surface area contributed by atoms with Crippen LogP contribution >= 0.6 is 11.6 Å². The molecule has 0 amide bonds. The monoisotopic (exact) mass is 302 g/mol. The van der Waals surface area contributed by atoms with Gasteiger partial charge in [-0.15, -0.1) is 0 Å². The van der Waals surface area contributed by atoms with Crippen LogP contribution in [-0.4, -0.2) is 26.8 Å². The summed E-state index contributed by atoms with van der Waals surface area (Å²) in [5.74, 6) is -0.335. The molecule has 0 N–H and O–H groups in total. The van der Waals surface area contributed by atoms with Crippen molar-refractivity contribution in [2.24, 2.45) is 0 Å². The molecule has 0 saturated heterocycles. The van der Waals surface area contributed by atoms with Crippen molar-refractivity contribution < 1.29 is 14.3 Å². The molecule has 21 heavy (non-hydrogen) atoms. The molecular formula is C17H15ClO3. The maximum atomic E-state index is 12.6. The zero-order chi connectivity index (χ0) is 15.0. The first-order chi connectivity index (χ1) is 10.1. The van der Waals surface area contributed by atoms with Gasteiger partial charge in [-0.05, 0) is 34.4 Å². The maximum absolute atomic E-state index is 12.6. The topological polar surface area (TPSA) is 35.5 Å². The van der Waals surface area contributed by atoms with Crippen molar-refractivity contribution in [1.82, 2.24) is 0 Å². The number of hydrogen-bond donors (Lipinski definition) is 0. The van der Waals surface area contributed by atoms with E-state index in [1.54, 1.807) is 7.11 Å². The number of hydrogen-bond acceptors (Lipinski definition) is 3. The third-order valence-corrected chi connectivity index (χ3v) is 4.25. The van der Waals surface area contributed by atoms with Crippen molar-refractivity contribution in [3.8, 4) is 11.1 Å². The van der Waals surface area contributed by atoms with E-state index in [-0.39, 0.29) is 12.6 Å². The molecule has 0 radical (unpaired) electrons. The van der Waals surface area contributed by atoms with Crippen molar-refractivity contribution >= 4 is 17.6 Å². The molecular weight excluding hydrogens is 288 g/mol. The highest BCUT2D eigenvalue weighted by Crippen LogP contribution is 2.50. The average molecular weight is 303 g/mol. The van der Waals surface area contributed by atoms with Gasteiger partial charge in [0.05, 0.1) is 13.7 Å². The molecule has 1 aliphatic rings. The minimum absolute atomic E-state index is 0.212. The molecule has 0 bridgehead atoms. The first-order valence-electron chi connectivity index (χ1n) is 6.62. The Morgan fingerprint density at radius 2 is 1.81 bits per heavy atom. The van der Waals surface area contributed by atoms with Gasteiger partial charge in [0.25, 0.3) is 0 Å². The van der Waals surface area contributed by atoms with Gasteiger partial charge in [0, 0.05) is 12.1 Å². The predicted molar refractivity (Wildman–Crippen MR) is 81.6 cm³/mol. The van der Waals surface area contributed by atoms with Crippen LogP contribution < -0.4 is 0 Å². The number of esters is 1. The Morgan fingerprint density at radius 3 is 2.52 bits per heavy atom. The van der Waals surface area contributed by atoms with E-state index in [0.717, 1.165) is 22.3 Å². The van der Waals surface area contributed by atoms with Crippen LogP contribution in [0, 0.1) is 0 Å². The Balaban J connectivity index is 2.38. The van der Waals surface area contributed by atoms with Crippen molar-refractivity contribution in [3.05, 3.63) is 58.6 Å². The van der Waals surface area contributed by atoms with Gasteiger partial charge in [0.1, 0.15) is 5.41 Å². The fourth-order valence-electron chi connectivity index (χ4n) is 3.16. The Labute approximate surface area is 128 Å². The lowest BCUT2D eigenvalue weighted by Gasteiger charge is -2.28. The number of rotatable bonds is 3. The van der Waals surface area contributed by atoms with Crippen molar-refractivity contribution in [2.45, 2.75) is 5.41 Å². The van der Waals surface area contributed by atoms with Gasteiger partial charge in [-0.3, -0.25) is 4.79 Å². The molecule has 4 heteroatoms. The molecule has 0 fully saturated rings. The Bertz CT molecular complexity index is 711. The lowest BCUT2D eigenvalue weighted by molar-refractivity contribution is -0.147. The third-order valence-electron chi connectivity index (χ3n) is 4.01. The highest BCUT2D eigenvalue weighted by atomic mass is 35.5. The second kappa shape index (κ2) is 5.17. The normalized spacial score (nSPS) is 19.0. The molecule has 0 aliphatic heterocycles. The molecule has 3 rings (SSSR count). The molecule has 2 aromatic carbocycles. The van der Waals surface area contributed by atoms with Gasteiger partial charge in [-0.25, -0.2) is 0 Å². The Morgan fingerprint density at radius 1 is 1.10 bits per heavy atom. The van der Waals surface area contributed by atoms with E-state index in [1.165, 1.54) is 7.11 Å². The summed E-state index contributed by atoms with van der Waals surface area (Å²) in [5.41, 5.74) is 2.80. The quantitative estimate of drug-likeness (QED) is 0.815. The number of halogens is 1. The molecule has 108 valence electrons. The summed E-state index contributed by atoms with van der Waals surface area (Å²) in [4.78, 5) is 12.6. The number of ether oxygens (including phenoxy) is 2. The second-order valence-electron chi connectivity index (χ2n) is 5.07. The molecule has 0 spiro atoms. The van der Waals surface area contributed by atoms with E-state index in [9.17, 15) is 4.79 Å². The SMILES string of the molecule is COCC1(C(=O)OC)c2ccccc2-c2ccc(Cl)cc21. The highest BCUT2D eigenvalue weighted by molar-refractivity contribution is 6.30. The van der Waals surface area contributed by atoms with E-state index in [4.69, 9.17) is 21.1 Å². The lowest BCUT2D eigenvalue weighted by atomic mass is 9.79. The second-order valence-corrected chi connectivity index (χ2v) is 5.50. The zero-order valence-corrected chi connectivity index (χ0v) is 12.6. The minimum atomic E-state index is -0.958. The van der Waals surface area contributed by atoms with Gasteiger partial charge in [-0.2, -0.15) is 0 Å².